The highest BCUT2D eigenvalue weighted by molar-refractivity contribution is 7.99. The van der Waals surface area contributed by atoms with E-state index in [0.29, 0.717) is 12.6 Å². The SMILES string of the molecule is CCOc1nc(NN)nc(NC(C)CSCC)n1. The van der Waals surface area contributed by atoms with Gasteiger partial charge in [-0.1, -0.05) is 6.92 Å². The lowest BCUT2D eigenvalue weighted by molar-refractivity contribution is 0.312. The summed E-state index contributed by atoms with van der Waals surface area (Å²) in [6.07, 6.45) is 0. The van der Waals surface area contributed by atoms with Crippen LogP contribution in [0.1, 0.15) is 20.8 Å². The van der Waals surface area contributed by atoms with E-state index in [1.54, 1.807) is 0 Å². The van der Waals surface area contributed by atoms with Gasteiger partial charge in [0, 0.05) is 11.8 Å². The van der Waals surface area contributed by atoms with Crippen molar-refractivity contribution in [2.45, 2.75) is 26.8 Å². The second-order valence-corrected chi connectivity index (χ2v) is 4.87. The lowest BCUT2D eigenvalue weighted by atomic mass is 10.4. The summed E-state index contributed by atoms with van der Waals surface area (Å²) >= 11 is 1.85. The molecule has 0 aromatic carbocycles. The number of nitrogen functional groups attached to an aromatic ring is 1. The maximum Gasteiger partial charge on any atom is 0.323 e. The highest BCUT2D eigenvalue weighted by Gasteiger charge is 2.09. The maximum atomic E-state index is 5.30. The minimum atomic E-state index is 0.262. The maximum absolute atomic E-state index is 5.30. The van der Waals surface area contributed by atoms with E-state index in [4.69, 9.17) is 10.6 Å². The summed E-state index contributed by atoms with van der Waals surface area (Å²) in [4.78, 5) is 12.3. The second kappa shape index (κ2) is 7.93. The first-order valence-corrected chi connectivity index (χ1v) is 7.04. The predicted octanol–water partition coefficient (Wildman–Crippen LogP) is 1.11. The molecule has 0 saturated heterocycles. The summed E-state index contributed by atoms with van der Waals surface area (Å²) in [6.45, 7) is 6.56. The van der Waals surface area contributed by atoms with Crippen molar-refractivity contribution in [3.8, 4) is 6.01 Å². The number of rotatable bonds is 8. The third-order valence-corrected chi connectivity index (χ3v) is 3.11. The Hall–Kier alpha value is -1.28. The Labute approximate surface area is 111 Å². The molecule has 0 spiro atoms. The number of anilines is 2. The van der Waals surface area contributed by atoms with Gasteiger partial charge >= 0.3 is 6.01 Å². The molecular weight excluding hydrogens is 252 g/mol. The Balaban J connectivity index is 2.71. The van der Waals surface area contributed by atoms with Crippen LogP contribution in [0.25, 0.3) is 0 Å². The number of hydrogen-bond acceptors (Lipinski definition) is 8. The minimum Gasteiger partial charge on any atom is -0.464 e. The summed E-state index contributed by atoms with van der Waals surface area (Å²) < 4.78 is 5.25. The van der Waals surface area contributed by atoms with Gasteiger partial charge < -0.3 is 10.1 Å². The summed E-state index contributed by atoms with van der Waals surface area (Å²) in [7, 11) is 0. The molecule has 1 aromatic rings. The van der Waals surface area contributed by atoms with Crippen LogP contribution < -0.4 is 21.3 Å². The smallest absolute Gasteiger partial charge is 0.323 e. The Kier molecular flexibility index (Phi) is 6.51. The molecule has 102 valence electrons. The second-order valence-electron chi connectivity index (χ2n) is 3.55. The number of nitrogens with zero attached hydrogens (tertiary/aromatic N) is 3. The largest absolute Gasteiger partial charge is 0.464 e. The Bertz CT molecular complexity index is 364. The van der Waals surface area contributed by atoms with Gasteiger partial charge in [-0.3, -0.25) is 5.43 Å². The zero-order valence-corrected chi connectivity index (χ0v) is 11.8. The van der Waals surface area contributed by atoms with Crippen molar-refractivity contribution in [1.82, 2.24) is 15.0 Å². The van der Waals surface area contributed by atoms with Gasteiger partial charge in [0.05, 0.1) is 6.61 Å². The fraction of sp³-hybridized carbons (Fsp3) is 0.700. The lowest BCUT2D eigenvalue weighted by Gasteiger charge is -2.14. The van der Waals surface area contributed by atoms with Crippen LogP contribution in [0.15, 0.2) is 0 Å². The molecule has 1 rings (SSSR count). The van der Waals surface area contributed by atoms with Gasteiger partial charge in [-0.05, 0) is 19.6 Å². The fourth-order valence-electron chi connectivity index (χ4n) is 1.24. The van der Waals surface area contributed by atoms with Gasteiger partial charge in [-0.15, -0.1) is 0 Å². The Morgan fingerprint density at radius 3 is 2.61 bits per heavy atom. The van der Waals surface area contributed by atoms with Crippen LogP contribution in [0.4, 0.5) is 11.9 Å². The molecule has 0 aliphatic heterocycles. The van der Waals surface area contributed by atoms with Gasteiger partial charge in [0.2, 0.25) is 11.9 Å². The van der Waals surface area contributed by atoms with E-state index in [9.17, 15) is 0 Å². The zero-order valence-electron chi connectivity index (χ0n) is 10.9. The average Bonchev–Trinajstić information content (AvgIpc) is 2.36. The van der Waals surface area contributed by atoms with Gasteiger partial charge in [-0.25, -0.2) is 5.84 Å². The van der Waals surface area contributed by atoms with Crippen molar-refractivity contribution >= 4 is 23.7 Å². The summed E-state index contributed by atoms with van der Waals surface area (Å²) in [5.41, 5.74) is 2.40. The monoisotopic (exact) mass is 272 g/mol. The van der Waals surface area contributed by atoms with Crippen LogP contribution in [0.2, 0.25) is 0 Å². The van der Waals surface area contributed by atoms with E-state index >= 15 is 0 Å². The molecule has 0 fully saturated rings. The van der Waals surface area contributed by atoms with Gasteiger partial charge in [0.15, 0.2) is 0 Å². The van der Waals surface area contributed by atoms with Crippen molar-refractivity contribution < 1.29 is 4.74 Å². The number of nitrogens with two attached hydrogens (primary N) is 1. The first-order valence-electron chi connectivity index (χ1n) is 5.89. The average molecular weight is 272 g/mol. The molecule has 18 heavy (non-hydrogen) atoms. The summed E-state index contributed by atoms with van der Waals surface area (Å²) in [5, 5.41) is 3.19. The molecule has 0 aliphatic rings. The number of thioether (sulfide) groups is 1. The summed E-state index contributed by atoms with van der Waals surface area (Å²) in [6, 6.07) is 0.524. The van der Waals surface area contributed by atoms with Crippen LogP contribution in [0.3, 0.4) is 0 Å². The molecule has 0 bridgehead atoms. The standard InChI is InChI=1S/C10H20N6OS/c1-4-17-10-14-8(13-9(15-10)16-11)12-7(3)6-18-5-2/h7H,4-6,11H2,1-3H3,(H2,12,13,14,15,16). The van der Waals surface area contributed by atoms with Gasteiger partial charge in [-0.2, -0.15) is 26.7 Å². The van der Waals surface area contributed by atoms with Crippen LogP contribution in [0, 0.1) is 0 Å². The molecule has 1 atom stereocenters. The highest BCUT2D eigenvalue weighted by atomic mass is 32.2. The van der Waals surface area contributed by atoms with E-state index in [1.165, 1.54) is 0 Å². The van der Waals surface area contributed by atoms with Crippen LogP contribution in [0.5, 0.6) is 6.01 Å². The summed E-state index contributed by atoms with van der Waals surface area (Å²) in [5.74, 6) is 8.12. The van der Waals surface area contributed by atoms with Crippen molar-refractivity contribution in [3.05, 3.63) is 0 Å². The molecule has 1 aromatic heterocycles. The minimum absolute atomic E-state index is 0.262. The number of hydrazine groups is 1. The number of aromatic nitrogens is 3. The van der Waals surface area contributed by atoms with Crippen molar-refractivity contribution in [3.63, 3.8) is 0 Å². The molecule has 4 N–H and O–H groups in total. The Morgan fingerprint density at radius 1 is 1.28 bits per heavy atom. The lowest BCUT2D eigenvalue weighted by Crippen LogP contribution is -2.21. The molecular formula is C10H20N6OS. The molecule has 0 aliphatic carbocycles. The molecule has 8 heteroatoms. The third kappa shape index (κ3) is 4.92. The van der Waals surface area contributed by atoms with E-state index in [-0.39, 0.29) is 18.0 Å². The first-order chi connectivity index (χ1) is 8.69. The van der Waals surface area contributed by atoms with E-state index < -0.39 is 0 Å². The van der Waals surface area contributed by atoms with Crippen LogP contribution >= 0.6 is 11.8 Å². The normalized spacial score (nSPS) is 12.0. The zero-order chi connectivity index (χ0) is 13.4. The van der Waals surface area contributed by atoms with E-state index in [2.05, 4.69) is 39.5 Å². The molecule has 0 amide bonds. The highest BCUT2D eigenvalue weighted by Crippen LogP contribution is 2.12. The topological polar surface area (TPSA) is 98.0 Å². The van der Waals surface area contributed by atoms with E-state index in [0.717, 1.165) is 11.5 Å². The van der Waals surface area contributed by atoms with Gasteiger partial charge in [0.1, 0.15) is 0 Å². The number of nitrogens with one attached hydrogen (secondary N) is 2. The molecule has 7 nitrogen and oxygen atoms in total. The predicted molar refractivity (Wildman–Crippen MR) is 74.9 cm³/mol. The molecule has 1 unspecified atom stereocenters. The van der Waals surface area contributed by atoms with Gasteiger partial charge in [0.25, 0.3) is 0 Å². The van der Waals surface area contributed by atoms with Crippen molar-refractivity contribution in [2.24, 2.45) is 5.84 Å². The van der Waals surface area contributed by atoms with Crippen LogP contribution in [-0.4, -0.2) is 39.1 Å². The quantitative estimate of drug-likeness (QED) is 0.478. The van der Waals surface area contributed by atoms with Crippen molar-refractivity contribution in [1.29, 1.82) is 0 Å². The molecule has 1 heterocycles. The van der Waals surface area contributed by atoms with E-state index in [1.807, 2.05) is 18.7 Å². The van der Waals surface area contributed by atoms with Crippen molar-refractivity contribution in [2.75, 3.05) is 28.9 Å². The number of ether oxygens (including phenoxy) is 1. The molecule has 0 saturated carbocycles. The van der Waals surface area contributed by atoms with Crippen LogP contribution in [-0.2, 0) is 0 Å². The first kappa shape index (κ1) is 14.8. The number of hydrogen-bond donors (Lipinski definition) is 3. The Morgan fingerprint density at radius 2 is 2.00 bits per heavy atom. The fourth-order valence-corrected chi connectivity index (χ4v) is 1.91. The molecule has 0 radical (unpaired) electrons. The third-order valence-electron chi connectivity index (χ3n) is 1.96.